The second kappa shape index (κ2) is 3.70. The van der Waals surface area contributed by atoms with Crippen LogP contribution in [-0.2, 0) is 6.54 Å². The Bertz CT molecular complexity index is 207. The van der Waals surface area contributed by atoms with Crippen molar-refractivity contribution in [2.24, 2.45) is 0 Å². The van der Waals surface area contributed by atoms with Crippen LogP contribution in [0.2, 0.25) is 0 Å². The number of rotatable bonds is 3. The van der Waals surface area contributed by atoms with Crippen molar-refractivity contribution in [3.63, 3.8) is 0 Å². The summed E-state index contributed by atoms with van der Waals surface area (Å²) >= 11 is 0. The van der Waals surface area contributed by atoms with Crippen molar-refractivity contribution in [2.75, 3.05) is 6.54 Å². The van der Waals surface area contributed by atoms with Gasteiger partial charge in [-0.3, -0.25) is 5.32 Å². The van der Waals surface area contributed by atoms with Gasteiger partial charge in [-0.05, 0) is 12.1 Å². The first-order chi connectivity index (χ1) is 4.93. The molecule has 0 aliphatic heterocycles. The van der Waals surface area contributed by atoms with Gasteiger partial charge in [0.2, 0.25) is 0 Å². The molecule has 0 amide bonds. The molecule has 1 aromatic heterocycles. The molecule has 0 saturated heterocycles. The van der Waals surface area contributed by atoms with Gasteiger partial charge in [0.25, 0.3) is 0 Å². The van der Waals surface area contributed by atoms with Crippen LogP contribution in [0.15, 0.2) is 18.3 Å². The van der Waals surface area contributed by atoms with Gasteiger partial charge in [0.1, 0.15) is 0 Å². The van der Waals surface area contributed by atoms with Crippen LogP contribution in [0, 0.1) is 11.3 Å². The van der Waals surface area contributed by atoms with E-state index in [0.717, 1.165) is 12.2 Å². The van der Waals surface area contributed by atoms with E-state index < -0.39 is 0 Å². The first kappa shape index (κ1) is 6.84. The van der Waals surface area contributed by atoms with Crippen molar-refractivity contribution < 1.29 is 0 Å². The van der Waals surface area contributed by atoms with E-state index in [1.54, 1.807) is 0 Å². The van der Waals surface area contributed by atoms with Crippen LogP contribution in [-0.4, -0.2) is 11.5 Å². The Hall–Kier alpha value is -1.27. The van der Waals surface area contributed by atoms with Crippen LogP contribution in [0.4, 0.5) is 0 Å². The van der Waals surface area contributed by atoms with E-state index in [4.69, 9.17) is 5.26 Å². The zero-order valence-electron chi connectivity index (χ0n) is 5.59. The maximum atomic E-state index is 8.17. The highest BCUT2D eigenvalue weighted by atomic mass is 14.9. The van der Waals surface area contributed by atoms with Crippen molar-refractivity contribution in [2.45, 2.75) is 6.54 Å². The second-order valence-corrected chi connectivity index (χ2v) is 1.96. The summed E-state index contributed by atoms with van der Waals surface area (Å²) < 4.78 is 0. The largest absolute Gasteiger partial charge is 0.364 e. The fourth-order valence-electron chi connectivity index (χ4n) is 0.731. The minimum Gasteiger partial charge on any atom is -0.364 e. The third kappa shape index (κ3) is 1.92. The Morgan fingerprint density at radius 3 is 3.20 bits per heavy atom. The molecule has 0 aromatic carbocycles. The minimum atomic E-state index is 0.402. The summed E-state index contributed by atoms with van der Waals surface area (Å²) in [5.74, 6) is 0. The maximum absolute atomic E-state index is 8.17. The van der Waals surface area contributed by atoms with Gasteiger partial charge in [-0.25, -0.2) is 0 Å². The summed E-state index contributed by atoms with van der Waals surface area (Å²) in [6.07, 6.45) is 1.86. The van der Waals surface area contributed by atoms with Gasteiger partial charge < -0.3 is 4.98 Å². The van der Waals surface area contributed by atoms with Crippen LogP contribution < -0.4 is 5.32 Å². The Morgan fingerprint density at radius 1 is 1.70 bits per heavy atom. The lowest BCUT2D eigenvalue weighted by molar-refractivity contribution is 0.750. The molecule has 1 aromatic rings. The third-order valence-electron chi connectivity index (χ3n) is 1.18. The number of aromatic nitrogens is 1. The van der Waals surface area contributed by atoms with Crippen LogP contribution in [0.1, 0.15) is 5.69 Å². The van der Waals surface area contributed by atoms with E-state index >= 15 is 0 Å². The summed E-state index contributed by atoms with van der Waals surface area (Å²) in [5, 5.41) is 11.1. The fraction of sp³-hybridized carbons (Fsp3) is 0.286. The van der Waals surface area contributed by atoms with Crippen molar-refractivity contribution in [3.05, 3.63) is 24.0 Å². The molecule has 3 nitrogen and oxygen atoms in total. The molecular weight excluding hydrogens is 126 g/mol. The molecule has 3 heteroatoms. The summed E-state index contributed by atoms with van der Waals surface area (Å²) in [6.45, 7) is 1.14. The molecule has 0 fully saturated rings. The molecule has 0 aliphatic rings. The number of nitrogens with one attached hydrogen (secondary N) is 2. The van der Waals surface area contributed by atoms with E-state index in [-0.39, 0.29) is 0 Å². The van der Waals surface area contributed by atoms with Gasteiger partial charge in [-0.2, -0.15) is 5.26 Å². The van der Waals surface area contributed by atoms with Gasteiger partial charge in [-0.1, -0.05) is 0 Å². The summed E-state index contributed by atoms with van der Waals surface area (Å²) in [6, 6.07) is 5.92. The van der Waals surface area contributed by atoms with Crippen LogP contribution >= 0.6 is 0 Å². The lowest BCUT2D eigenvalue weighted by atomic mass is 10.4. The lowest BCUT2D eigenvalue weighted by Crippen LogP contribution is -2.12. The maximum Gasteiger partial charge on any atom is 0.0844 e. The van der Waals surface area contributed by atoms with Crippen LogP contribution in [0.25, 0.3) is 0 Å². The fourth-order valence-corrected chi connectivity index (χ4v) is 0.731. The van der Waals surface area contributed by atoms with E-state index in [1.807, 2.05) is 24.4 Å². The van der Waals surface area contributed by atoms with E-state index in [1.165, 1.54) is 0 Å². The topological polar surface area (TPSA) is 51.6 Å². The van der Waals surface area contributed by atoms with Crippen molar-refractivity contribution >= 4 is 0 Å². The molecule has 0 radical (unpaired) electrons. The molecular formula is C7H9N3. The lowest BCUT2D eigenvalue weighted by Gasteiger charge is -1.94. The van der Waals surface area contributed by atoms with Crippen LogP contribution in [0.5, 0.6) is 0 Å². The number of hydrogen-bond acceptors (Lipinski definition) is 2. The zero-order valence-corrected chi connectivity index (χ0v) is 5.59. The van der Waals surface area contributed by atoms with Crippen molar-refractivity contribution in [1.29, 1.82) is 5.26 Å². The third-order valence-corrected chi connectivity index (χ3v) is 1.18. The SMILES string of the molecule is N#CCNCc1ccc[nH]1. The Labute approximate surface area is 59.7 Å². The van der Waals surface area contributed by atoms with Gasteiger partial charge in [0.05, 0.1) is 12.6 Å². The highest BCUT2D eigenvalue weighted by Gasteiger charge is 1.88. The van der Waals surface area contributed by atoms with E-state index in [9.17, 15) is 0 Å². The van der Waals surface area contributed by atoms with Gasteiger partial charge in [0.15, 0.2) is 0 Å². The Kier molecular flexibility index (Phi) is 2.53. The summed E-state index contributed by atoms with van der Waals surface area (Å²) in [4.78, 5) is 3.02. The standard InChI is InChI=1S/C7H9N3/c8-3-5-9-6-7-2-1-4-10-7/h1-2,4,9-10H,5-6H2. The summed E-state index contributed by atoms with van der Waals surface area (Å²) in [7, 11) is 0. The average Bonchev–Trinajstić information content (AvgIpc) is 2.41. The first-order valence-corrected chi connectivity index (χ1v) is 3.13. The smallest absolute Gasteiger partial charge is 0.0844 e. The number of aromatic amines is 1. The molecule has 0 atom stereocenters. The molecule has 0 unspecified atom stereocenters. The summed E-state index contributed by atoms with van der Waals surface area (Å²) in [5.41, 5.74) is 1.11. The molecule has 52 valence electrons. The highest BCUT2D eigenvalue weighted by molar-refractivity contribution is 5.03. The number of nitriles is 1. The predicted molar refractivity (Wildman–Crippen MR) is 38.1 cm³/mol. The van der Waals surface area contributed by atoms with Gasteiger partial charge in [0, 0.05) is 18.4 Å². The molecule has 0 aliphatic carbocycles. The van der Waals surface area contributed by atoms with Gasteiger partial charge >= 0.3 is 0 Å². The molecule has 1 heterocycles. The minimum absolute atomic E-state index is 0.402. The zero-order chi connectivity index (χ0) is 7.23. The number of nitrogens with zero attached hydrogens (tertiary/aromatic N) is 1. The number of H-pyrrole nitrogens is 1. The predicted octanol–water partition coefficient (Wildman–Crippen LogP) is 0.628. The number of hydrogen-bond donors (Lipinski definition) is 2. The molecule has 0 bridgehead atoms. The highest BCUT2D eigenvalue weighted by Crippen LogP contribution is 1.91. The molecule has 0 spiro atoms. The normalized spacial score (nSPS) is 9.10. The molecule has 0 saturated carbocycles. The second-order valence-electron chi connectivity index (χ2n) is 1.96. The van der Waals surface area contributed by atoms with Crippen molar-refractivity contribution in [3.8, 4) is 6.07 Å². The Morgan fingerprint density at radius 2 is 2.60 bits per heavy atom. The average molecular weight is 135 g/mol. The van der Waals surface area contributed by atoms with Crippen LogP contribution in [0.3, 0.4) is 0 Å². The first-order valence-electron chi connectivity index (χ1n) is 3.13. The quantitative estimate of drug-likeness (QED) is 0.471. The molecule has 1 rings (SSSR count). The molecule has 2 N–H and O–H groups in total. The van der Waals surface area contributed by atoms with E-state index in [2.05, 4.69) is 10.3 Å². The van der Waals surface area contributed by atoms with Gasteiger partial charge in [-0.15, -0.1) is 0 Å². The monoisotopic (exact) mass is 135 g/mol. The molecule has 10 heavy (non-hydrogen) atoms. The van der Waals surface area contributed by atoms with Crippen molar-refractivity contribution in [1.82, 2.24) is 10.3 Å². The Balaban J connectivity index is 2.23. The van der Waals surface area contributed by atoms with E-state index in [0.29, 0.717) is 6.54 Å².